The molecule has 132 valence electrons. The number of nitro groups is 1. The van der Waals surface area contributed by atoms with Crippen LogP contribution >= 0.6 is 11.6 Å². The van der Waals surface area contributed by atoms with Gasteiger partial charge in [0.05, 0.1) is 4.92 Å². The smallest absolute Gasteiger partial charge is 0.283 e. The van der Waals surface area contributed by atoms with Gasteiger partial charge >= 0.3 is 0 Å². The van der Waals surface area contributed by atoms with Gasteiger partial charge in [-0.3, -0.25) is 14.9 Å². The summed E-state index contributed by atoms with van der Waals surface area (Å²) in [7, 11) is 0. The summed E-state index contributed by atoms with van der Waals surface area (Å²) in [5.74, 6) is -0.483. The van der Waals surface area contributed by atoms with Crippen molar-refractivity contribution in [3.63, 3.8) is 0 Å². The van der Waals surface area contributed by atoms with E-state index in [1.807, 2.05) is 32.0 Å². The summed E-state index contributed by atoms with van der Waals surface area (Å²) in [6.45, 7) is 5.83. The Bertz CT molecular complexity index is 780. The lowest BCUT2D eigenvalue weighted by molar-refractivity contribution is -0.385. The van der Waals surface area contributed by atoms with E-state index < -0.39 is 10.8 Å². The molecule has 0 saturated carbocycles. The van der Waals surface area contributed by atoms with E-state index in [1.165, 1.54) is 18.2 Å². The maximum absolute atomic E-state index is 12.3. The number of anilines is 1. The molecule has 2 aromatic rings. The van der Waals surface area contributed by atoms with Crippen molar-refractivity contribution in [3.8, 4) is 0 Å². The van der Waals surface area contributed by atoms with Crippen molar-refractivity contribution in [2.75, 3.05) is 24.5 Å². The van der Waals surface area contributed by atoms with Crippen LogP contribution in [0.15, 0.2) is 42.5 Å². The Morgan fingerprint density at radius 3 is 2.68 bits per heavy atom. The summed E-state index contributed by atoms with van der Waals surface area (Å²) in [5.41, 5.74) is 1.95. The topological polar surface area (TPSA) is 75.5 Å². The lowest BCUT2D eigenvalue weighted by Crippen LogP contribution is -2.35. The zero-order valence-electron chi connectivity index (χ0n) is 14.2. The van der Waals surface area contributed by atoms with Gasteiger partial charge in [-0.25, -0.2) is 0 Å². The molecule has 2 aromatic carbocycles. The third-order valence-electron chi connectivity index (χ3n) is 3.82. The van der Waals surface area contributed by atoms with Crippen LogP contribution in [0.4, 0.5) is 11.4 Å². The summed E-state index contributed by atoms with van der Waals surface area (Å²) in [6.07, 6.45) is 0. The normalized spacial score (nSPS) is 10.4. The lowest BCUT2D eigenvalue weighted by atomic mass is 10.1. The van der Waals surface area contributed by atoms with Gasteiger partial charge in [0.2, 0.25) is 0 Å². The number of nitrogens with one attached hydrogen (secondary N) is 1. The highest BCUT2D eigenvalue weighted by atomic mass is 35.5. The molecule has 0 spiro atoms. The van der Waals surface area contributed by atoms with Crippen LogP contribution in [0.25, 0.3) is 0 Å². The van der Waals surface area contributed by atoms with Crippen molar-refractivity contribution in [2.24, 2.45) is 0 Å². The average molecular weight is 362 g/mol. The van der Waals surface area contributed by atoms with Crippen LogP contribution in [-0.2, 0) is 0 Å². The Balaban J connectivity index is 2.01. The van der Waals surface area contributed by atoms with Crippen LogP contribution in [-0.4, -0.2) is 30.5 Å². The van der Waals surface area contributed by atoms with E-state index >= 15 is 0 Å². The number of nitrogens with zero attached hydrogens (tertiary/aromatic N) is 2. The fraction of sp³-hybridized carbons (Fsp3) is 0.278. The molecule has 25 heavy (non-hydrogen) atoms. The number of carbonyl (C=O) groups excluding carboxylic acids is 1. The lowest BCUT2D eigenvalue weighted by Gasteiger charge is -2.23. The van der Waals surface area contributed by atoms with E-state index in [9.17, 15) is 14.9 Å². The second kappa shape index (κ2) is 8.48. The van der Waals surface area contributed by atoms with Crippen molar-refractivity contribution in [1.82, 2.24) is 5.32 Å². The van der Waals surface area contributed by atoms with E-state index in [1.54, 1.807) is 0 Å². The van der Waals surface area contributed by atoms with Crippen molar-refractivity contribution in [2.45, 2.75) is 13.8 Å². The fourth-order valence-corrected chi connectivity index (χ4v) is 2.71. The van der Waals surface area contributed by atoms with Crippen LogP contribution in [0.2, 0.25) is 5.02 Å². The van der Waals surface area contributed by atoms with Gasteiger partial charge in [-0.2, -0.15) is 0 Å². The number of rotatable bonds is 7. The molecule has 0 unspecified atom stereocenters. The van der Waals surface area contributed by atoms with Crippen LogP contribution in [0.1, 0.15) is 22.8 Å². The third-order valence-corrected chi connectivity index (χ3v) is 4.05. The number of halogens is 1. The van der Waals surface area contributed by atoms with Gasteiger partial charge in [0, 0.05) is 36.4 Å². The van der Waals surface area contributed by atoms with E-state index in [4.69, 9.17) is 11.6 Å². The first-order valence-electron chi connectivity index (χ1n) is 7.96. The summed E-state index contributed by atoms with van der Waals surface area (Å²) >= 11 is 5.77. The van der Waals surface area contributed by atoms with Gasteiger partial charge in [0.1, 0.15) is 5.56 Å². The quantitative estimate of drug-likeness (QED) is 0.601. The highest BCUT2D eigenvalue weighted by molar-refractivity contribution is 6.31. The van der Waals surface area contributed by atoms with E-state index in [0.29, 0.717) is 13.1 Å². The van der Waals surface area contributed by atoms with Crippen LogP contribution in [0, 0.1) is 17.0 Å². The maximum Gasteiger partial charge on any atom is 0.283 e. The monoisotopic (exact) mass is 361 g/mol. The van der Waals surface area contributed by atoms with Crippen molar-refractivity contribution < 1.29 is 9.72 Å². The second-order valence-electron chi connectivity index (χ2n) is 5.59. The predicted octanol–water partition coefficient (Wildman–Crippen LogP) is 3.81. The van der Waals surface area contributed by atoms with Gasteiger partial charge in [-0.15, -0.1) is 0 Å². The number of hydrogen-bond donors (Lipinski definition) is 1. The Morgan fingerprint density at radius 2 is 2.04 bits per heavy atom. The first-order valence-corrected chi connectivity index (χ1v) is 8.34. The second-order valence-corrected chi connectivity index (χ2v) is 6.03. The molecule has 7 heteroatoms. The molecule has 1 N–H and O–H groups in total. The molecule has 0 radical (unpaired) electrons. The number of aryl methyl sites for hydroxylation is 1. The molecule has 0 aromatic heterocycles. The Labute approximate surface area is 151 Å². The summed E-state index contributed by atoms with van der Waals surface area (Å²) in [6, 6.07) is 12.1. The highest BCUT2D eigenvalue weighted by Gasteiger charge is 2.20. The molecule has 0 aliphatic heterocycles. The van der Waals surface area contributed by atoms with Gasteiger partial charge < -0.3 is 10.2 Å². The molecule has 0 fully saturated rings. The Morgan fingerprint density at radius 1 is 1.28 bits per heavy atom. The number of nitro benzene ring substituents is 1. The maximum atomic E-state index is 12.3. The molecule has 2 rings (SSSR count). The van der Waals surface area contributed by atoms with Crippen molar-refractivity contribution in [1.29, 1.82) is 0 Å². The van der Waals surface area contributed by atoms with Gasteiger partial charge in [-0.1, -0.05) is 23.7 Å². The molecular weight excluding hydrogens is 342 g/mol. The Kier molecular flexibility index (Phi) is 6.36. The first-order chi connectivity index (χ1) is 11.9. The molecule has 1 amide bonds. The van der Waals surface area contributed by atoms with E-state index in [-0.39, 0.29) is 16.3 Å². The van der Waals surface area contributed by atoms with E-state index in [0.717, 1.165) is 17.8 Å². The van der Waals surface area contributed by atoms with Crippen LogP contribution < -0.4 is 10.2 Å². The summed E-state index contributed by atoms with van der Waals surface area (Å²) in [4.78, 5) is 24.9. The van der Waals surface area contributed by atoms with Crippen molar-refractivity contribution >= 4 is 28.9 Å². The average Bonchev–Trinajstić information content (AvgIpc) is 2.58. The molecule has 0 aliphatic rings. The van der Waals surface area contributed by atoms with Gasteiger partial charge in [0.25, 0.3) is 11.6 Å². The van der Waals surface area contributed by atoms with Crippen LogP contribution in [0.5, 0.6) is 0 Å². The zero-order chi connectivity index (χ0) is 18.4. The van der Waals surface area contributed by atoms with Gasteiger partial charge in [-0.05, 0) is 43.7 Å². The molecule has 0 saturated heterocycles. The molecule has 0 aliphatic carbocycles. The molecule has 0 atom stereocenters. The van der Waals surface area contributed by atoms with Gasteiger partial charge in [0.15, 0.2) is 0 Å². The third kappa shape index (κ3) is 4.93. The van der Waals surface area contributed by atoms with E-state index in [2.05, 4.69) is 16.3 Å². The minimum Gasteiger partial charge on any atom is -0.370 e. The number of likely N-dealkylation sites (N-methyl/N-ethyl adjacent to an activating group) is 1. The number of hydrogen-bond acceptors (Lipinski definition) is 4. The number of benzene rings is 2. The van der Waals surface area contributed by atoms with Crippen molar-refractivity contribution in [3.05, 3.63) is 68.7 Å². The minimum absolute atomic E-state index is 0.00741. The predicted molar refractivity (Wildman–Crippen MR) is 99.5 cm³/mol. The number of amides is 1. The molecule has 0 bridgehead atoms. The molecule has 0 heterocycles. The molecular formula is C18H20ClN3O3. The highest BCUT2D eigenvalue weighted by Crippen LogP contribution is 2.23. The first kappa shape index (κ1) is 18.7. The summed E-state index contributed by atoms with van der Waals surface area (Å²) in [5, 5.41) is 14.0. The van der Waals surface area contributed by atoms with Crippen LogP contribution in [0.3, 0.4) is 0 Å². The molecule has 6 nitrogen and oxygen atoms in total. The SMILES string of the molecule is CCN(CCNC(=O)c1ccc(Cl)cc1[N+](=O)[O-])c1cccc(C)c1. The fourth-order valence-electron chi connectivity index (χ4n) is 2.54. The Hall–Kier alpha value is -2.60. The largest absolute Gasteiger partial charge is 0.370 e. The minimum atomic E-state index is -0.605. The zero-order valence-corrected chi connectivity index (χ0v) is 14.9. The summed E-state index contributed by atoms with van der Waals surface area (Å²) < 4.78 is 0. The number of carbonyl (C=O) groups is 1. The standard InChI is InChI=1S/C18H20ClN3O3/c1-3-21(15-6-4-5-13(2)11-15)10-9-20-18(23)16-8-7-14(19)12-17(16)22(24)25/h4-8,11-12H,3,9-10H2,1-2H3,(H,20,23).